The van der Waals surface area contributed by atoms with Crippen molar-refractivity contribution in [2.75, 3.05) is 18.1 Å². The summed E-state index contributed by atoms with van der Waals surface area (Å²) in [5.74, 6) is -0.324. The number of amides is 2. The second kappa shape index (κ2) is 7.75. The van der Waals surface area contributed by atoms with E-state index in [0.717, 1.165) is 34.5 Å². The Morgan fingerprint density at radius 2 is 1.93 bits per heavy atom. The van der Waals surface area contributed by atoms with Gasteiger partial charge in [0.15, 0.2) is 0 Å². The molecule has 1 unspecified atom stereocenters. The predicted molar refractivity (Wildman–Crippen MR) is 113 cm³/mol. The van der Waals surface area contributed by atoms with Crippen molar-refractivity contribution in [3.63, 3.8) is 0 Å². The zero-order valence-corrected chi connectivity index (χ0v) is 17.6. The molecule has 0 saturated carbocycles. The number of anilines is 1. The highest BCUT2D eigenvalue weighted by molar-refractivity contribution is 7.84. The number of fused-ring (bicyclic) bond motifs is 1. The molecule has 2 amide bonds. The first kappa shape index (κ1) is 20.1. The van der Waals surface area contributed by atoms with Crippen molar-refractivity contribution in [2.45, 2.75) is 39.0 Å². The number of carbonyl (C=O) groups is 2. The van der Waals surface area contributed by atoms with Gasteiger partial charge >= 0.3 is 0 Å². The minimum atomic E-state index is -1.15. The van der Waals surface area contributed by atoms with Crippen LogP contribution in [0, 0.1) is 20.8 Å². The van der Waals surface area contributed by atoms with Crippen LogP contribution in [0.2, 0.25) is 0 Å². The van der Waals surface area contributed by atoms with Gasteiger partial charge in [-0.25, -0.2) is 0 Å². The van der Waals surface area contributed by atoms with Crippen molar-refractivity contribution in [2.24, 2.45) is 0 Å². The maximum absolute atomic E-state index is 12.6. The van der Waals surface area contributed by atoms with Crippen LogP contribution >= 0.6 is 0 Å². The van der Waals surface area contributed by atoms with Crippen LogP contribution in [0.25, 0.3) is 11.6 Å². The van der Waals surface area contributed by atoms with Gasteiger partial charge in [-0.1, -0.05) is 6.92 Å². The standard InChI is InChI=1S/C21H25N3O3S/c1-6-9-22-21(26)18-11(2)16(23-13(18)4)10-14-19-12(3)17(28(5)27)8-7-15(19)24-20(14)25/h7-8,10,23H,6,9H2,1-5H3,(H,22,26)(H,24,25)/b14-10-. The Morgan fingerprint density at radius 3 is 2.57 bits per heavy atom. The van der Waals surface area contributed by atoms with Crippen LogP contribution in [0.1, 0.15) is 51.8 Å². The lowest BCUT2D eigenvalue weighted by Gasteiger charge is -2.08. The van der Waals surface area contributed by atoms with Crippen LogP contribution in [-0.4, -0.2) is 33.8 Å². The van der Waals surface area contributed by atoms with Crippen LogP contribution in [0.5, 0.6) is 0 Å². The molecule has 3 N–H and O–H groups in total. The van der Waals surface area contributed by atoms with E-state index in [1.54, 1.807) is 24.5 Å². The summed E-state index contributed by atoms with van der Waals surface area (Å²) in [4.78, 5) is 29.0. The number of aryl methyl sites for hydroxylation is 1. The van der Waals surface area contributed by atoms with Gasteiger partial charge in [0.05, 0.1) is 21.9 Å². The minimum Gasteiger partial charge on any atom is -0.358 e. The molecule has 1 atom stereocenters. The summed E-state index contributed by atoms with van der Waals surface area (Å²) in [5.41, 5.74) is 5.70. The van der Waals surface area contributed by atoms with Crippen LogP contribution in [0.4, 0.5) is 5.69 Å². The highest BCUT2D eigenvalue weighted by Crippen LogP contribution is 2.38. The fraction of sp³-hybridized carbons (Fsp3) is 0.333. The smallest absolute Gasteiger partial charge is 0.256 e. The van der Waals surface area contributed by atoms with Gasteiger partial charge in [-0.15, -0.1) is 0 Å². The summed E-state index contributed by atoms with van der Waals surface area (Å²) in [6.45, 7) is 8.21. The van der Waals surface area contributed by atoms with E-state index in [1.165, 1.54) is 0 Å². The predicted octanol–water partition coefficient (Wildman–Crippen LogP) is 3.31. The lowest BCUT2D eigenvalue weighted by molar-refractivity contribution is -0.110. The van der Waals surface area contributed by atoms with E-state index in [9.17, 15) is 13.8 Å². The summed E-state index contributed by atoms with van der Waals surface area (Å²) in [7, 11) is -1.15. The largest absolute Gasteiger partial charge is 0.358 e. The lowest BCUT2D eigenvalue weighted by Crippen LogP contribution is -2.24. The number of nitrogens with one attached hydrogen (secondary N) is 3. The zero-order valence-electron chi connectivity index (χ0n) is 16.8. The molecule has 2 heterocycles. The molecule has 3 rings (SSSR count). The average molecular weight is 400 g/mol. The molecule has 0 radical (unpaired) electrons. The van der Waals surface area contributed by atoms with Crippen LogP contribution < -0.4 is 10.6 Å². The van der Waals surface area contributed by atoms with Crippen LogP contribution in [0.3, 0.4) is 0 Å². The number of aromatic amines is 1. The summed E-state index contributed by atoms with van der Waals surface area (Å²) in [6, 6.07) is 3.57. The molecule has 148 valence electrons. The number of hydrogen-bond donors (Lipinski definition) is 3. The minimum absolute atomic E-state index is 0.117. The van der Waals surface area contributed by atoms with Crippen molar-refractivity contribution in [1.29, 1.82) is 0 Å². The summed E-state index contributed by atoms with van der Waals surface area (Å²) < 4.78 is 12.0. The number of benzene rings is 1. The van der Waals surface area contributed by atoms with Crippen molar-refractivity contribution < 1.29 is 13.8 Å². The Morgan fingerprint density at radius 1 is 1.21 bits per heavy atom. The highest BCUT2D eigenvalue weighted by atomic mass is 32.2. The molecule has 1 aliphatic rings. The third-order valence-corrected chi connectivity index (χ3v) is 6.08. The van der Waals surface area contributed by atoms with E-state index in [0.29, 0.717) is 28.3 Å². The molecule has 1 aromatic carbocycles. The van der Waals surface area contributed by atoms with Gasteiger partial charge in [-0.05, 0) is 56.5 Å². The molecule has 6 nitrogen and oxygen atoms in total. The third kappa shape index (κ3) is 3.42. The average Bonchev–Trinajstić information content (AvgIpc) is 3.09. The molecule has 1 aromatic heterocycles. The van der Waals surface area contributed by atoms with Gasteiger partial charge in [0.25, 0.3) is 11.8 Å². The van der Waals surface area contributed by atoms with E-state index < -0.39 is 10.8 Å². The van der Waals surface area contributed by atoms with Gasteiger partial charge in [-0.2, -0.15) is 0 Å². The number of rotatable bonds is 5. The Bertz CT molecular complexity index is 1030. The number of H-pyrrole nitrogens is 1. The van der Waals surface area contributed by atoms with E-state index in [4.69, 9.17) is 0 Å². The summed E-state index contributed by atoms with van der Waals surface area (Å²) >= 11 is 0. The van der Waals surface area contributed by atoms with Crippen molar-refractivity contribution >= 4 is 40.0 Å². The molecule has 0 fully saturated rings. The Balaban J connectivity index is 2.09. The monoisotopic (exact) mass is 399 g/mol. The Hall–Kier alpha value is -2.67. The van der Waals surface area contributed by atoms with Gasteiger partial charge in [0.2, 0.25) is 0 Å². The Labute approximate surface area is 167 Å². The maximum atomic E-state index is 12.6. The molecule has 0 spiro atoms. The van der Waals surface area contributed by atoms with Gasteiger partial charge < -0.3 is 15.6 Å². The lowest BCUT2D eigenvalue weighted by atomic mass is 9.99. The normalized spacial score (nSPS) is 15.5. The molecule has 7 heteroatoms. The molecule has 2 aromatic rings. The fourth-order valence-corrected chi connectivity index (χ4v) is 4.42. The van der Waals surface area contributed by atoms with E-state index in [2.05, 4.69) is 15.6 Å². The van der Waals surface area contributed by atoms with E-state index in [-0.39, 0.29) is 11.8 Å². The van der Waals surface area contributed by atoms with E-state index in [1.807, 2.05) is 27.7 Å². The first-order chi connectivity index (χ1) is 13.3. The van der Waals surface area contributed by atoms with Gasteiger partial charge in [0.1, 0.15) is 0 Å². The molecule has 1 aliphatic heterocycles. The van der Waals surface area contributed by atoms with Crippen molar-refractivity contribution in [3.8, 4) is 0 Å². The molecule has 28 heavy (non-hydrogen) atoms. The highest BCUT2D eigenvalue weighted by Gasteiger charge is 2.28. The number of carbonyl (C=O) groups excluding carboxylic acids is 2. The second-order valence-electron chi connectivity index (χ2n) is 7.00. The number of aromatic nitrogens is 1. The first-order valence-corrected chi connectivity index (χ1v) is 10.8. The number of hydrogen-bond acceptors (Lipinski definition) is 3. The topological polar surface area (TPSA) is 91.1 Å². The second-order valence-corrected chi connectivity index (χ2v) is 8.35. The van der Waals surface area contributed by atoms with Gasteiger partial charge in [0, 0.05) is 40.3 Å². The summed E-state index contributed by atoms with van der Waals surface area (Å²) in [6.07, 6.45) is 4.26. The molecule has 0 saturated heterocycles. The fourth-order valence-electron chi connectivity index (χ4n) is 3.63. The molecule has 0 bridgehead atoms. The van der Waals surface area contributed by atoms with E-state index >= 15 is 0 Å². The first-order valence-electron chi connectivity index (χ1n) is 9.24. The van der Waals surface area contributed by atoms with Crippen LogP contribution in [0.15, 0.2) is 17.0 Å². The quantitative estimate of drug-likeness (QED) is 0.674. The maximum Gasteiger partial charge on any atom is 0.256 e. The van der Waals surface area contributed by atoms with Gasteiger partial charge in [-0.3, -0.25) is 13.8 Å². The summed E-state index contributed by atoms with van der Waals surface area (Å²) in [5, 5.41) is 5.76. The molecular weight excluding hydrogens is 374 g/mol. The molecule has 0 aliphatic carbocycles. The third-order valence-electron chi connectivity index (χ3n) is 5.01. The van der Waals surface area contributed by atoms with Crippen molar-refractivity contribution in [3.05, 3.63) is 45.8 Å². The zero-order chi connectivity index (χ0) is 20.6. The SMILES string of the molecule is CCCNC(=O)c1c(C)[nH]c(/C=C2\C(=O)Nc3ccc(S(C)=O)c(C)c32)c1C. The Kier molecular flexibility index (Phi) is 5.56. The van der Waals surface area contributed by atoms with Crippen LogP contribution in [-0.2, 0) is 15.6 Å². The van der Waals surface area contributed by atoms with Crippen molar-refractivity contribution in [1.82, 2.24) is 10.3 Å². The molecular formula is C21H25N3O3S.